The highest BCUT2D eigenvalue weighted by Gasteiger charge is 2.55. The number of nitrogens with zero attached hydrogens (tertiary/aromatic N) is 2. The van der Waals surface area contributed by atoms with Crippen LogP contribution in [0.25, 0.3) is 0 Å². The molecule has 1 fully saturated rings. The van der Waals surface area contributed by atoms with E-state index in [4.69, 9.17) is 16.9 Å². The fraction of sp³-hybridized carbons (Fsp3) is 0.588. The molecule has 26 heavy (non-hydrogen) atoms. The van der Waals surface area contributed by atoms with Gasteiger partial charge in [-0.25, -0.2) is 9.38 Å². The first-order chi connectivity index (χ1) is 12.2. The van der Waals surface area contributed by atoms with Crippen molar-refractivity contribution in [2.45, 2.75) is 50.8 Å². The summed E-state index contributed by atoms with van der Waals surface area (Å²) in [7, 11) is 0. The van der Waals surface area contributed by atoms with Crippen LogP contribution in [0.2, 0.25) is 0 Å². The number of alkyl halides is 1. The molecule has 0 aromatic heterocycles. The number of nitrogens with two attached hydrogens (primary N) is 1. The van der Waals surface area contributed by atoms with Crippen molar-refractivity contribution in [3.05, 3.63) is 11.8 Å². The number of halogens is 1. The van der Waals surface area contributed by atoms with E-state index < -0.39 is 48.5 Å². The van der Waals surface area contributed by atoms with Crippen LogP contribution in [0, 0.1) is 18.3 Å². The van der Waals surface area contributed by atoms with Crippen LogP contribution < -0.4 is 11.1 Å². The molecule has 142 valence electrons. The fourth-order valence-corrected chi connectivity index (χ4v) is 2.86. The van der Waals surface area contributed by atoms with E-state index in [1.54, 1.807) is 13.8 Å². The minimum atomic E-state index is -1.88. The molecule has 0 spiro atoms. The number of amides is 1. The van der Waals surface area contributed by atoms with Crippen LogP contribution in [0.3, 0.4) is 0 Å². The van der Waals surface area contributed by atoms with Gasteiger partial charge in [0, 0.05) is 12.1 Å². The van der Waals surface area contributed by atoms with Crippen molar-refractivity contribution in [2.24, 2.45) is 21.6 Å². The van der Waals surface area contributed by atoms with E-state index >= 15 is 0 Å². The Kier molecular flexibility index (Phi) is 5.81. The monoisotopic (exact) mass is 366 g/mol. The van der Waals surface area contributed by atoms with Crippen molar-refractivity contribution in [1.29, 1.82) is 0 Å². The first kappa shape index (κ1) is 20.0. The van der Waals surface area contributed by atoms with Gasteiger partial charge in [0.05, 0.1) is 12.6 Å². The summed E-state index contributed by atoms with van der Waals surface area (Å²) in [6, 6.07) is -0.446. The Balaban J connectivity index is 2.51. The highest BCUT2D eigenvalue weighted by molar-refractivity contribution is 6.40. The Labute approximate surface area is 151 Å². The van der Waals surface area contributed by atoms with Gasteiger partial charge >= 0.3 is 0 Å². The molecule has 2 unspecified atom stereocenters. The largest absolute Gasteiger partial charge is 0.392 e. The molecular weight excluding hydrogens is 343 g/mol. The van der Waals surface area contributed by atoms with Gasteiger partial charge in [-0.05, 0) is 19.4 Å². The maximum absolute atomic E-state index is 14.8. The van der Waals surface area contributed by atoms with Gasteiger partial charge in [-0.15, -0.1) is 6.42 Å². The van der Waals surface area contributed by atoms with Crippen LogP contribution in [0.4, 0.5) is 4.39 Å². The molecule has 0 aliphatic carbocycles. The van der Waals surface area contributed by atoms with Gasteiger partial charge in [-0.2, -0.15) is 0 Å². The minimum absolute atomic E-state index is 0.0809. The summed E-state index contributed by atoms with van der Waals surface area (Å²) in [5.74, 6) is 1.12. The van der Waals surface area contributed by atoms with E-state index in [0.717, 1.165) is 0 Å². The molecule has 2 aliphatic rings. The van der Waals surface area contributed by atoms with Crippen LogP contribution in [-0.4, -0.2) is 64.4 Å². The number of guanidine groups is 1. The fourth-order valence-electron chi connectivity index (χ4n) is 2.86. The molecule has 5 N–H and O–H groups in total. The summed E-state index contributed by atoms with van der Waals surface area (Å²) in [5, 5.41) is 22.1. The summed E-state index contributed by atoms with van der Waals surface area (Å²) in [6.07, 6.45) is 1.83. The number of carbonyl (C=O) groups is 1. The molecule has 2 heterocycles. The smallest absolute Gasteiger partial charge is 0.272 e. The zero-order valence-electron chi connectivity index (χ0n) is 14.8. The molecule has 0 saturated carbocycles. The van der Waals surface area contributed by atoms with Gasteiger partial charge in [0.25, 0.3) is 5.91 Å². The molecule has 0 radical (unpaired) electrons. The second kappa shape index (κ2) is 7.53. The average Bonchev–Trinajstić information content (AvgIpc) is 2.86. The van der Waals surface area contributed by atoms with E-state index in [9.17, 15) is 19.4 Å². The summed E-state index contributed by atoms with van der Waals surface area (Å²) in [4.78, 5) is 20.2. The quantitative estimate of drug-likeness (QED) is 0.479. The molecule has 8 nitrogen and oxygen atoms in total. The molecule has 1 amide bonds. The minimum Gasteiger partial charge on any atom is -0.392 e. The first-order valence-electron chi connectivity index (χ1n) is 8.14. The molecular formula is C17H23FN4O4. The second-order valence-corrected chi connectivity index (χ2v) is 6.46. The molecule has 2 rings (SSSR count). The van der Waals surface area contributed by atoms with Crippen molar-refractivity contribution in [3.8, 4) is 12.3 Å². The standard InChI is InChI=1S/C17H23FN4O4/c1-5-17(7-23)14(24)12(18)13(26-17)11-6-20-10(4)15(25)22-16(19)21-9(3)8(11)2/h1,6,8-9,12-14,23-24H,7H2,2-4H3,(H3,19,21,22,25)/b11-6+,20-10?/t8?,9?,12-,13-,14-,17+/m0/s1. The number of aliphatic hydroxyl groups excluding tert-OH is 2. The maximum Gasteiger partial charge on any atom is 0.272 e. The van der Waals surface area contributed by atoms with E-state index in [1.807, 2.05) is 0 Å². The molecule has 6 atom stereocenters. The van der Waals surface area contributed by atoms with E-state index in [0.29, 0.717) is 5.57 Å². The van der Waals surface area contributed by atoms with Crippen LogP contribution >= 0.6 is 0 Å². The van der Waals surface area contributed by atoms with E-state index in [2.05, 4.69) is 21.2 Å². The van der Waals surface area contributed by atoms with Gasteiger partial charge in [-0.1, -0.05) is 12.8 Å². The third-order valence-corrected chi connectivity index (χ3v) is 4.78. The molecule has 0 bridgehead atoms. The topological polar surface area (TPSA) is 130 Å². The zero-order chi connectivity index (χ0) is 19.6. The van der Waals surface area contributed by atoms with Crippen molar-refractivity contribution in [2.75, 3.05) is 6.61 Å². The van der Waals surface area contributed by atoms with E-state index in [-0.39, 0.29) is 11.7 Å². The lowest BCUT2D eigenvalue weighted by atomic mass is 9.88. The van der Waals surface area contributed by atoms with Crippen molar-refractivity contribution in [1.82, 2.24) is 5.32 Å². The average molecular weight is 366 g/mol. The highest BCUT2D eigenvalue weighted by atomic mass is 19.1. The number of aliphatic hydroxyl groups is 2. The van der Waals surface area contributed by atoms with Gasteiger partial charge in [0.2, 0.25) is 0 Å². The van der Waals surface area contributed by atoms with Gasteiger partial charge in [0.15, 0.2) is 17.7 Å². The number of hydrogen-bond donors (Lipinski definition) is 4. The lowest BCUT2D eigenvalue weighted by molar-refractivity contribution is -0.113. The lowest BCUT2D eigenvalue weighted by Gasteiger charge is -2.27. The Bertz CT molecular complexity index is 714. The SMILES string of the molecule is C#C[C@]1(CO)O[C@@H](/C2=C/N=C(C)C(=O)NC(N)=NC(C)C2C)[C@H](F)[C@@H]1O. The van der Waals surface area contributed by atoms with Crippen LogP contribution in [-0.2, 0) is 9.53 Å². The van der Waals surface area contributed by atoms with Crippen molar-refractivity contribution >= 4 is 17.6 Å². The van der Waals surface area contributed by atoms with Crippen LogP contribution in [0.1, 0.15) is 20.8 Å². The van der Waals surface area contributed by atoms with E-state index in [1.165, 1.54) is 13.1 Å². The third kappa shape index (κ3) is 3.49. The van der Waals surface area contributed by atoms with Gasteiger partial charge in [-0.3, -0.25) is 15.1 Å². The number of aliphatic imine (C=N–C) groups is 2. The number of carbonyl (C=O) groups excluding carboxylic acids is 1. The maximum atomic E-state index is 14.8. The van der Waals surface area contributed by atoms with Gasteiger partial charge < -0.3 is 20.7 Å². The number of nitrogens with one attached hydrogen (secondary N) is 1. The Morgan fingerprint density at radius 2 is 2.19 bits per heavy atom. The van der Waals surface area contributed by atoms with Crippen molar-refractivity contribution < 1.29 is 24.1 Å². The second-order valence-electron chi connectivity index (χ2n) is 6.46. The molecule has 2 aliphatic heterocycles. The Morgan fingerprint density at radius 3 is 2.73 bits per heavy atom. The number of rotatable bonds is 2. The third-order valence-electron chi connectivity index (χ3n) is 4.78. The first-order valence-corrected chi connectivity index (χ1v) is 8.14. The van der Waals surface area contributed by atoms with Crippen molar-refractivity contribution in [3.63, 3.8) is 0 Å². The Morgan fingerprint density at radius 1 is 1.54 bits per heavy atom. The molecule has 1 saturated heterocycles. The molecule has 0 aromatic rings. The normalized spacial score (nSPS) is 40.6. The van der Waals surface area contributed by atoms with Gasteiger partial charge in [0.1, 0.15) is 17.9 Å². The summed E-state index contributed by atoms with van der Waals surface area (Å²) in [5.41, 5.74) is 4.29. The number of ether oxygens (including phenoxy) is 1. The predicted octanol–water partition coefficient (Wildman–Crippen LogP) is -0.738. The van der Waals surface area contributed by atoms with Crippen LogP contribution in [0.5, 0.6) is 0 Å². The Hall–Kier alpha value is -2.28. The number of hydrogen-bond acceptors (Lipinski definition) is 7. The summed E-state index contributed by atoms with van der Waals surface area (Å²) >= 11 is 0. The lowest BCUT2D eigenvalue weighted by Crippen LogP contribution is -2.44. The summed E-state index contributed by atoms with van der Waals surface area (Å²) in [6.45, 7) is 4.21. The predicted molar refractivity (Wildman–Crippen MR) is 94.0 cm³/mol. The highest BCUT2D eigenvalue weighted by Crippen LogP contribution is 2.39. The zero-order valence-corrected chi connectivity index (χ0v) is 14.8. The number of terminal acetylenes is 1. The molecule has 9 heteroatoms. The molecule has 0 aromatic carbocycles. The van der Waals surface area contributed by atoms with Crippen LogP contribution in [0.15, 0.2) is 21.8 Å². The summed E-state index contributed by atoms with van der Waals surface area (Å²) < 4.78 is 20.3.